The van der Waals surface area contributed by atoms with E-state index in [0.29, 0.717) is 6.04 Å². The Balaban J connectivity index is 1.64. The first-order valence-electron chi connectivity index (χ1n) is 7.60. The Hall–Kier alpha value is -1.36. The van der Waals surface area contributed by atoms with Gasteiger partial charge in [0, 0.05) is 61.9 Å². The van der Waals surface area contributed by atoms with E-state index in [1.165, 1.54) is 35.1 Å². The number of rotatable bonds is 2. The van der Waals surface area contributed by atoms with Crippen molar-refractivity contribution < 1.29 is 0 Å². The van der Waals surface area contributed by atoms with Crippen LogP contribution in [0.4, 0.5) is 0 Å². The lowest BCUT2D eigenvalue weighted by molar-refractivity contribution is 0.0618. The predicted molar refractivity (Wildman–Crippen MR) is 81.7 cm³/mol. The molecule has 106 valence electrons. The molecule has 4 heteroatoms. The largest absolute Gasteiger partial charge is 0.357 e. The first kappa shape index (κ1) is 12.4. The van der Waals surface area contributed by atoms with Gasteiger partial charge in [-0.15, -0.1) is 0 Å². The van der Waals surface area contributed by atoms with Crippen molar-refractivity contribution >= 4 is 10.9 Å². The van der Waals surface area contributed by atoms with Crippen molar-refractivity contribution in [3.63, 3.8) is 0 Å². The van der Waals surface area contributed by atoms with Gasteiger partial charge in [-0.25, -0.2) is 0 Å². The van der Waals surface area contributed by atoms with E-state index in [0.717, 1.165) is 32.7 Å². The molecular formula is C16H22N4. The summed E-state index contributed by atoms with van der Waals surface area (Å²) in [4.78, 5) is 8.75. The average Bonchev–Trinajstić information content (AvgIpc) is 2.83. The van der Waals surface area contributed by atoms with E-state index < -0.39 is 0 Å². The second-order valence-corrected chi connectivity index (χ2v) is 6.05. The highest BCUT2D eigenvalue weighted by Crippen LogP contribution is 2.31. The smallest absolute Gasteiger partial charge is 0.0459 e. The maximum atomic E-state index is 5.70. The number of aromatic amines is 1. The number of fused-ring (bicyclic) bond motifs is 4. The van der Waals surface area contributed by atoms with Gasteiger partial charge in [-0.2, -0.15) is 0 Å². The summed E-state index contributed by atoms with van der Waals surface area (Å²) in [5.41, 5.74) is 9.95. The molecular weight excluding hydrogens is 248 g/mol. The average molecular weight is 270 g/mol. The highest BCUT2D eigenvalue weighted by Gasteiger charge is 2.32. The predicted octanol–water partition coefficient (Wildman–Crippen LogP) is 1.17. The van der Waals surface area contributed by atoms with Crippen LogP contribution >= 0.6 is 0 Å². The number of nitrogens with zero attached hydrogens (tertiary/aromatic N) is 2. The molecule has 0 aliphatic carbocycles. The zero-order valence-corrected chi connectivity index (χ0v) is 11.8. The zero-order valence-electron chi connectivity index (χ0n) is 11.8. The van der Waals surface area contributed by atoms with Gasteiger partial charge in [-0.05, 0) is 18.1 Å². The van der Waals surface area contributed by atoms with E-state index in [2.05, 4.69) is 39.0 Å². The number of nitrogens with one attached hydrogen (secondary N) is 1. The molecule has 1 aromatic heterocycles. The van der Waals surface area contributed by atoms with Crippen molar-refractivity contribution in [2.24, 2.45) is 5.73 Å². The van der Waals surface area contributed by atoms with Crippen LogP contribution in [0.25, 0.3) is 10.9 Å². The highest BCUT2D eigenvalue weighted by atomic mass is 15.3. The van der Waals surface area contributed by atoms with Gasteiger partial charge in [-0.1, -0.05) is 18.2 Å². The molecule has 1 saturated heterocycles. The summed E-state index contributed by atoms with van der Waals surface area (Å²) in [6.45, 7) is 6.36. The standard InChI is InChI=1S/C16H22N4/c17-5-6-19-7-8-20-11-16-14(9-12(20)10-19)13-3-1-2-4-15(13)18-16/h1-4,12,18H,5-11,17H2. The molecule has 20 heavy (non-hydrogen) atoms. The maximum absolute atomic E-state index is 5.70. The molecule has 1 unspecified atom stereocenters. The van der Waals surface area contributed by atoms with E-state index in [-0.39, 0.29) is 0 Å². The molecule has 4 rings (SSSR count). The number of nitrogens with two attached hydrogens (primary N) is 1. The third-order valence-corrected chi connectivity index (χ3v) is 4.84. The minimum atomic E-state index is 0.655. The molecule has 4 nitrogen and oxygen atoms in total. The summed E-state index contributed by atoms with van der Waals surface area (Å²) in [5.74, 6) is 0. The second-order valence-electron chi connectivity index (χ2n) is 6.05. The Kier molecular flexibility index (Phi) is 3.02. The van der Waals surface area contributed by atoms with Crippen LogP contribution in [0, 0.1) is 0 Å². The number of aromatic nitrogens is 1. The number of piperazine rings is 1. The van der Waals surface area contributed by atoms with Gasteiger partial charge in [0.2, 0.25) is 0 Å². The Labute approximate surface area is 119 Å². The van der Waals surface area contributed by atoms with Crippen LogP contribution < -0.4 is 5.73 Å². The molecule has 0 bridgehead atoms. The van der Waals surface area contributed by atoms with Crippen molar-refractivity contribution in [1.29, 1.82) is 0 Å². The minimum Gasteiger partial charge on any atom is -0.357 e. The molecule has 1 atom stereocenters. The van der Waals surface area contributed by atoms with Gasteiger partial charge in [0.05, 0.1) is 0 Å². The molecule has 2 aliphatic heterocycles. The molecule has 0 radical (unpaired) electrons. The van der Waals surface area contributed by atoms with Gasteiger partial charge in [0.1, 0.15) is 0 Å². The van der Waals surface area contributed by atoms with E-state index in [1.807, 2.05) is 0 Å². The lowest BCUT2D eigenvalue weighted by Crippen LogP contribution is -2.55. The fraction of sp³-hybridized carbons (Fsp3) is 0.500. The van der Waals surface area contributed by atoms with Gasteiger partial charge in [0.15, 0.2) is 0 Å². The lowest BCUT2D eigenvalue weighted by Gasteiger charge is -2.43. The van der Waals surface area contributed by atoms with Crippen LogP contribution in [0.15, 0.2) is 24.3 Å². The quantitative estimate of drug-likeness (QED) is 0.861. The summed E-state index contributed by atoms with van der Waals surface area (Å²) >= 11 is 0. The first-order valence-corrected chi connectivity index (χ1v) is 7.60. The third kappa shape index (κ3) is 1.95. The van der Waals surface area contributed by atoms with Gasteiger partial charge in [0.25, 0.3) is 0 Å². The summed E-state index contributed by atoms with van der Waals surface area (Å²) in [7, 11) is 0. The van der Waals surface area contributed by atoms with Gasteiger partial charge >= 0.3 is 0 Å². The van der Waals surface area contributed by atoms with E-state index in [1.54, 1.807) is 0 Å². The van der Waals surface area contributed by atoms with Crippen LogP contribution in [0.3, 0.4) is 0 Å². The maximum Gasteiger partial charge on any atom is 0.0459 e. The molecule has 2 aliphatic rings. The molecule has 2 aromatic rings. The van der Waals surface area contributed by atoms with Crippen molar-refractivity contribution in [2.75, 3.05) is 32.7 Å². The molecule has 3 N–H and O–H groups in total. The third-order valence-electron chi connectivity index (χ3n) is 4.84. The van der Waals surface area contributed by atoms with Crippen LogP contribution in [0.1, 0.15) is 11.3 Å². The molecule has 3 heterocycles. The fourth-order valence-corrected chi connectivity index (χ4v) is 3.81. The normalized spacial score (nSPS) is 23.8. The topological polar surface area (TPSA) is 48.3 Å². The molecule has 1 fully saturated rings. The Morgan fingerprint density at radius 1 is 1.25 bits per heavy atom. The summed E-state index contributed by atoms with van der Waals surface area (Å²) in [5, 5.41) is 1.41. The minimum absolute atomic E-state index is 0.655. The first-order chi connectivity index (χ1) is 9.85. The molecule has 0 spiro atoms. The monoisotopic (exact) mass is 270 g/mol. The summed E-state index contributed by atoms with van der Waals surface area (Å²) in [6, 6.07) is 9.35. The van der Waals surface area contributed by atoms with Crippen molar-refractivity contribution in [3.05, 3.63) is 35.5 Å². The summed E-state index contributed by atoms with van der Waals surface area (Å²) < 4.78 is 0. The van der Waals surface area contributed by atoms with Gasteiger partial charge in [-0.3, -0.25) is 9.80 Å². The highest BCUT2D eigenvalue weighted by molar-refractivity contribution is 5.84. The van der Waals surface area contributed by atoms with Crippen LogP contribution in [0.5, 0.6) is 0 Å². The van der Waals surface area contributed by atoms with Gasteiger partial charge < -0.3 is 10.7 Å². The van der Waals surface area contributed by atoms with Crippen LogP contribution in [-0.2, 0) is 13.0 Å². The summed E-state index contributed by atoms with van der Waals surface area (Å²) in [6.07, 6.45) is 1.17. The fourth-order valence-electron chi connectivity index (χ4n) is 3.81. The van der Waals surface area contributed by atoms with Crippen LogP contribution in [-0.4, -0.2) is 53.5 Å². The van der Waals surface area contributed by atoms with E-state index in [9.17, 15) is 0 Å². The Morgan fingerprint density at radius 3 is 3.05 bits per heavy atom. The molecule has 0 saturated carbocycles. The number of hydrogen-bond donors (Lipinski definition) is 2. The van der Waals surface area contributed by atoms with E-state index >= 15 is 0 Å². The second kappa shape index (κ2) is 4.88. The molecule has 1 aromatic carbocycles. The number of para-hydroxylation sites is 1. The Bertz CT molecular complexity index is 618. The SMILES string of the molecule is NCCN1CCN2Cc3[nH]c4ccccc4c3CC2C1. The van der Waals surface area contributed by atoms with E-state index in [4.69, 9.17) is 5.73 Å². The van der Waals surface area contributed by atoms with Crippen molar-refractivity contribution in [3.8, 4) is 0 Å². The molecule has 0 amide bonds. The Morgan fingerprint density at radius 2 is 2.15 bits per heavy atom. The van der Waals surface area contributed by atoms with Crippen molar-refractivity contribution in [1.82, 2.24) is 14.8 Å². The number of hydrogen-bond acceptors (Lipinski definition) is 3. The number of benzene rings is 1. The lowest BCUT2D eigenvalue weighted by atomic mass is 9.95. The van der Waals surface area contributed by atoms with Crippen molar-refractivity contribution in [2.45, 2.75) is 19.0 Å². The zero-order chi connectivity index (χ0) is 13.5. The number of H-pyrrole nitrogens is 1. The van der Waals surface area contributed by atoms with Crippen LogP contribution in [0.2, 0.25) is 0 Å².